The van der Waals surface area contributed by atoms with E-state index in [1.54, 1.807) is 0 Å². The molecule has 0 radical (unpaired) electrons. The van der Waals surface area contributed by atoms with Crippen molar-refractivity contribution >= 4 is 5.91 Å². The highest BCUT2D eigenvalue weighted by molar-refractivity contribution is 5.81. The Morgan fingerprint density at radius 2 is 2.00 bits per heavy atom. The van der Waals surface area contributed by atoms with Crippen LogP contribution >= 0.6 is 0 Å². The zero-order chi connectivity index (χ0) is 11.4. The van der Waals surface area contributed by atoms with Crippen LogP contribution in [-0.2, 0) is 9.53 Å². The third kappa shape index (κ3) is 1.15. The zero-order valence-electron chi connectivity index (χ0n) is 10.3. The van der Waals surface area contributed by atoms with Gasteiger partial charge in [0, 0.05) is 12.3 Å². The number of rotatable bonds is 0. The van der Waals surface area contributed by atoms with E-state index in [9.17, 15) is 4.79 Å². The van der Waals surface area contributed by atoms with Gasteiger partial charge in [0.05, 0.1) is 12.1 Å². The quantitative estimate of drug-likeness (QED) is 0.630. The first-order chi connectivity index (χ1) is 7.58. The Hall–Kier alpha value is -0.570. The largest absolute Gasteiger partial charge is 0.353 e. The molecule has 3 fully saturated rings. The van der Waals surface area contributed by atoms with Gasteiger partial charge in [0.2, 0.25) is 5.91 Å². The van der Waals surface area contributed by atoms with Crippen molar-refractivity contribution in [2.75, 3.05) is 6.61 Å². The van der Waals surface area contributed by atoms with Crippen LogP contribution in [0.1, 0.15) is 52.4 Å². The van der Waals surface area contributed by atoms with Crippen LogP contribution < -0.4 is 0 Å². The lowest BCUT2D eigenvalue weighted by Crippen LogP contribution is -2.54. The van der Waals surface area contributed by atoms with E-state index in [0.29, 0.717) is 18.2 Å². The highest BCUT2D eigenvalue weighted by atomic mass is 16.5. The van der Waals surface area contributed by atoms with Crippen LogP contribution in [0.15, 0.2) is 0 Å². The molecule has 2 heterocycles. The van der Waals surface area contributed by atoms with Crippen molar-refractivity contribution in [1.29, 1.82) is 0 Å². The maximum atomic E-state index is 12.2. The molecule has 1 amide bonds. The average Bonchev–Trinajstić information content (AvgIpc) is 2.66. The Morgan fingerprint density at radius 1 is 1.31 bits per heavy atom. The van der Waals surface area contributed by atoms with Gasteiger partial charge in [0.15, 0.2) is 0 Å². The highest BCUT2D eigenvalue weighted by Crippen LogP contribution is 2.51. The minimum Gasteiger partial charge on any atom is -0.353 e. The maximum Gasteiger partial charge on any atom is 0.225 e. The second kappa shape index (κ2) is 3.22. The Balaban J connectivity index is 1.97. The van der Waals surface area contributed by atoms with Crippen molar-refractivity contribution in [3.05, 3.63) is 0 Å². The van der Waals surface area contributed by atoms with Crippen LogP contribution in [0.5, 0.6) is 0 Å². The number of amides is 1. The van der Waals surface area contributed by atoms with E-state index in [-0.39, 0.29) is 11.3 Å². The van der Waals surface area contributed by atoms with Crippen LogP contribution in [0.2, 0.25) is 0 Å². The number of ether oxygens (including phenoxy) is 1. The maximum absolute atomic E-state index is 12.2. The zero-order valence-corrected chi connectivity index (χ0v) is 10.3. The Kier molecular flexibility index (Phi) is 2.13. The van der Waals surface area contributed by atoms with E-state index in [2.05, 4.69) is 18.7 Å². The normalized spacial score (nSPS) is 41.8. The van der Waals surface area contributed by atoms with Gasteiger partial charge < -0.3 is 9.64 Å². The Morgan fingerprint density at radius 3 is 2.69 bits per heavy atom. The summed E-state index contributed by atoms with van der Waals surface area (Å²) in [6, 6.07) is 0. The van der Waals surface area contributed by atoms with Gasteiger partial charge >= 0.3 is 0 Å². The minimum atomic E-state index is -0.311. The second-order valence-corrected chi connectivity index (χ2v) is 5.96. The molecule has 1 aliphatic carbocycles. The van der Waals surface area contributed by atoms with Crippen molar-refractivity contribution in [3.63, 3.8) is 0 Å². The molecular formula is C13H21NO2. The Labute approximate surface area is 97.1 Å². The molecule has 3 aliphatic rings. The number of hydrogen-bond donors (Lipinski definition) is 0. The molecule has 0 N–H and O–H groups in total. The lowest BCUT2D eigenvalue weighted by molar-refractivity contribution is -0.142. The molecule has 0 aromatic rings. The fraction of sp³-hybridized carbons (Fsp3) is 0.923. The first kappa shape index (κ1) is 10.6. The van der Waals surface area contributed by atoms with Crippen molar-refractivity contribution in [1.82, 2.24) is 4.90 Å². The summed E-state index contributed by atoms with van der Waals surface area (Å²) in [6.07, 6.45) is 6.76. The number of hydrogen-bond acceptors (Lipinski definition) is 2. The van der Waals surface area contributed by atoms with Crippen LogP contribution in [0.3, 0.4) is 0 Å². The molecule has 90 valence electrons. The summed E-state index contributed by atoms with van der Waals surface area (Å²) in [7, 11) is 0. The van der Waals surface area contributed by atoms with Gasteiger partial charge in [-0.15, -0.1) is 0 Å². The summed E-state index contributed by atoms with van der Waals surface area (Å²) in [5.41, 5.74) is -0.261. The molecule has 2 aliphatic heterocycles. The topological polar surface area (TPSA) is 29.5 Å². The molecule has 2 atom stereocenters. The molecule has 3 nitrogen and oxygen atoms in total. The van der Waals surface area contributed by atoms with E-state index in [0.717, 1.165) is 19.4 Å². The number of carbonyl (C=O) groups is 1. The fourth-order valence-electron chi connectivity index (χ4n) is 3.88. The summed E-state index contributed by atoms with van der Waals surface area (Å²) in [5.74, 6) is 0.649. The first-order valence-corrected chi connectivity index (χ1v) is 6.56. The van der Waals surface area contributed by atoms with Crippen molar-refractivity contribution in [3.8, 4) is 0 Å². The monoisotopic (exact) mass is 223 g/mol. The van der Waals surface area contributed by atoms with E-state index in [4.69, 9.17) is 4.74 Å². The van der Waals surface area contributed by atoms with Crippen molar-refractivity contribution < 1.29 is 9.53 Å². The van der Waals surface area contributed by atoms with Crippen molar-refractivity contribution in [2.24, 2.45) is 5.92 Å². The predicted molar refractivity (Wildman–Crippen MR) is 60.8 cm³/mol. The van der Waals surface area contributed by atoms with Gasteiger partial charge in [-0.2, -0.15) is 0 Å². The molecule has 0 aromatic heterocycles. The fourth-order valence-corrected chi connectivity index (χ4v) is 3.88. The van der Waals surface area contributed by atoms with E-state index in [1.165, 1.54) is 19.3 Å². The summed E-state index contributed by atoms with van der Waals surface area (Å²) >= 11 is 0. The smallest absolute Gasteiger partial charge is 0.225 e. The van der Waals surface area contributed by atoms with Gasteiger partial charge in [-0.05, 0) is 19.8 Å². The summed E-state index contributed by atoms with van der Waals surface area (Å²) < 4.78 is 6.05. The molecule has 1 spiro atoms. The van der Waals surface area contributed by atoms with Gasteiger partial charge in [-0.1, -0.05) is 26.2 Å². The van der Waals surface area contributed by atoms with Gasteiger partial charge in [-0.3, -0.25) is 4.79 Å². The van der Waals surface area contributed by atoms with Crippen molar-refractivity contribution in [2.45, 2.75) is 63.6 Å². The molecule has 1 unspecified atom stereocenters. The molecule has 3 rings (SSSR count). The first-order valence-electron chi connectivity index (χ1n) is 6.56. The van der Waals surface area contributed by atoms with Crippen LogP contribution in [0.25, 0.3) is 0 Å². The van der Waals surface area contributed by atoms with E-state index < -0.39 is 0 Å². The SMILES string of the molecule is CC1CC(=O)N2C3(CCCCC3)CO[C@@]12C. The average molecular weight is 223 g/mol. The van der Waals surface area contributed by atoms with Crippen LogP contribution in [0, 0.1) is 5.92 Å². The van der Waals surface area contributed by atoms with Crippen LogP contribution in [-0.4, -0.2) is 28.7 Å². The van der Waals surface area contributed by atoms with Crippen LogP contribution in [0.4, 0.5) is 0 Å². The predicted octanol–water partition coefficient (Wildman–Crippen LogP) is 2.30. The molecule has 3 heteroatoms. The highest BCUT2D eigenvalue weighted by Gasteiger charge is 2.61. The van der Waals surface area contributed by atoms with E-state index in [1.807, 2.05) is 0 Å². The third-order valence-electron chi connectivity index (χ3n) is 4.98. The Bertz CT molecular complexity index is 322. The third-order valence-corrected chi connectivity index (χ3v) is 4.98. The second-order valence-electron chi connectivity index (χ2n) is 5.96. The molecular weight excluding hydrogens is 202 g/mol. The minimum absolute atomic E-state index is 0.0504. The molecule has 16 heavy (non-hydrogen) atoms. The number of carbonyl (C=O) groups excluding carboxylic acids is 1. The summed E-state index contributed by atoms with van der Waals surface area (Å²) in [4.78, 5) is 14.3. The lowest BCUT2D eigenvalue weighted by Gasteiger charge is -2.42. The van der Waals surface area contributed by atoms with Gasteiger partial charge in [0.25, 0.3) is 0 Å². The van der Waals surface area contributed by atoms with Gasteiger partial charge in [0.1, 0.15) is 5.72 Å². The molecule has 0 aromatic carbocycles. The molecule has 1 saturated carbocycles. The van der Waals surface area contributed by atoms with E-state index >= 15 is 0 Å². The summed E-state index contributed by atoms with van der Waals surface area (Å²) in [5, 5.41) is 0. The van der Waals surface area contributed by atoms with Gasteiger partial charge in [-0.25, -0.2) is 0 Å². The number of nitrogens with zero attached hydrogens (tertiary/aromatic N) is 1. The standard InChI is InChI=1S/C13H21NO2/c1-10-8-11(15)14-12(10,2)16-9-13(14)6-4-3-5-7-13/h10H,3-9H2,1-2H3/t10?,12-/m0/s1. The lowest BCUT2D eigenvalue weighted by atomic mass is 9.81. The molecule has 0 bridgehead atoms. The summed E-state index contributed by atoms with van der Waals surface area (Å²) in [6.45, 7) is 5.01. The molecule has 2 saturated heterocycles. The number of fused-ring (bicyclic) bond motifs is 2.